The van der Waals surface area contributed by atoms with Crippen LogP contribution < -0.4 is 4.74 Å². The number of hydrogen-bond acceptors (Lipinski definition) is 3. The Kier molecular flexibility index (Phi) is 4.77. The summed E-state index contributed by atoms with van der Waals surface area (Å²) in [5.74, 6) is 0.367. The van der Waals surface area contributed by atoms with Gasteiger partial charge in [-0.1, -0.05) is 48.5 Å². The van der Waals surface area contributed by atoms with Gasteiger partial charge in [-0.2, -0.15) is 0 Å². The highest BCUT2D eigenvalue weighted by molar-refractivity contribution is 5.82. The van der Waals surface area contributed by atoms with Gasteiger partial charge in [-0.3, -0.25) is 10.0 Å². The number of fused-ring (bicyclic) bond motifs is 1. The molecule has 0 bridgehead atoms. The highest BCUT2D eigenvalue weighted by Crippen LogP contribution is 2.18. The number of nitrogens with zero attached hydrogens (tertiary/aromatic N) is 1. The molecule has 122 valence electrons. The van der Waals surface area contributed by atoms with Crippen molar-refractivity contribution in [2.24, 2.45) is 0 Å². The van der Waals surface area contributed by atoms with Crippen molar-refractivity contribution in [3.05, 3.63) is 77.9 Å². The van der Waals surface area contributed by atoms with E-state index in [1.165, 1.54) is 17.7 Å². The van der Waals surface area contributed by atoms with Crippen molar-refractivity contribution in [1.29, 1.82) is 0 Å². The van der Waals surface area contributed by atoms with Gasteiger partial charge >= 0.3 is 0 Å². The van der Waals surface area contributed by atoms with Gasteiger partial charge in [0.1, 0.15) is 12.4 Å². The van der Waals surface area contributed by atoms with Gasteiger partial charge in [0.2, 0.25) is 5.91 Å². The van der Waals surface area contributed by atoms with E-state index in [0.29, 0.717) is 11.7 Å². The summed E-state index contributed by atoms with van der Waals surface area (Å²) in [5.41, 5.74) is 1.95. The van der Waals surface area contributed by atoms with E-state index in [-0.39, 0.29) is 12.5 Å². The molecule has 0 atom stereocenters. The summed E-state index contributed by atoms with van der Waals surface area (Å²) < 4.78 is 5.81. The Hall–Kier alpha value is -2.85. The third-order valence-corrected chi connectivity index (χ3v) is 3.84. The lowest BCUT2D eigenvalue weighted by molar-refractivity contribution is -0.165. The molecular formula is C20H19NO3. The number of hydroxylamine groups is 2. The molecule has 0 heterocycles. The van der Waals surface area contributed by atoms with Gasteiger partial charge in [0, 0.05) is 6.92 Å². The molecule has 0 fully saturated rings. The molecule has 4 nitrogen and oxygen atoms in total. The third kappa shape index (κ3) is 3.91. The standard InChI is InChI=1S/C20H19NO3/c1-15(22)21(23)13-16-7-10-20(11-8-16)24-14-17-6-9-18-4-2-3-5-19(18)12-17/h2-12,23H,13-14H2,1H3. The minimum Gasteiger partial charge on any atom is -0.489 e. The molecule has 0 aliphatic rings. The number of ether oxygens (including phenoxy) is 1. The van der Waals surface area contributed by atoms with Gasteiger partial charge in [-0.05, 0) is 40.1 Å². The van der Waals surface area contributed by atoms with Crippen LogP contribution in [0.2, 0.25) is 0 Å². The summed E-state index contributed by atoms with van der Waals surface area (Å²) >= 11 is 0. The van der Waals surface area contributed by atoms with Gasteiger partial charge in [-0.25, -0.2) is 5.06 Å². The van der Waals surface area contributed by atoms with E-state index in [1.807, 2.05) is 36.4 Å². The predicted octanol–water partition coefficient (Wildman–Crippen LogP) is 4.16. The first-order valence-corrected chi connectivity index (χ1v) is 7.78. The van der Waals surface area contributed by atoms with Crippen molar-refractivity contribution >= 4 is 16.7 Å². The first-order chi connectivity index (χ1) is 11.6. The summed E-state index contributed by atoms with van der Waals surface area (Å²) in [6.07, 6.45) is 0. The number of benzene rings is 3. The lowest BCUT2D eigenvalue weighted by atomic mass is 10.1. The quantitative estimate of drug-likeness (QED) is 0.567. The van der Waals surface area contributed by atoms with Crippen LogP contribution in [0.5, 0.6) is 5.75 Å². The third-order valence-electron chi connectivity index (χ3n) is 3.84. The fraction of sp³-hybridized carbons (Fsp3) is 0.150. The van der Waals surface area contributed by atoms with Gasteiger partial charge < -0.3 is 4.74 Å². The van der Waals surface area contributed by atoms with E-state index in [9.17, 15) is 10.0 Å². The van der Waals surface area contributed by atoms with Crippen molar-refractivity contribution < 1.29 is 14.7 Å². The topological polar surface area (TPSA) is 49.8 Å². The van der Waals surface area contributed by atoms with E-state index in [1.54, 1.807) is 0 Å². The van der Waals surface area contributed by atoms with Crippen LogP contribution >= 0.6 is 0 Å². The molecule has 1 N–H and O–H groups in total. The second-order valence-electron chi connectivity index (χ2n) is 5.69. The minimum atomic E-state index is -0.383. The lowest BCUT2D eigenvalue weighted by Crippen LogP contribution is -2.23. The van der Waals surface area contributed by atoms with Crippen molar-refractivity contribution in [3.8, 4) is 5.75 Å². The molecule has 0 unspecified atom stereocenters. The van der Waals surface area contributed by atoms with Crippen LogP contribution in [0.15, 0.2) is 66.7 Å². The molecule has 0 saturated heterocycles. The van der Waals surface area contributed by atoms with E-state index in [2.05, 4.69) is 30.3 Å². The zero-order valence-electron chi connectivity index (χ0n) is 13.5. The Morgan fingerprint density at radius 1 is 0.958 bits per heavy atom. The van der Waals surface area contributed by atoms with Gasteiger partial charge in [0.15, 0.2) is 0 Å². The molecule has 4 heteroatoms. The minimum absolute atomic E-state index is 0.167. The lowest BCUT2D eigenvalue weighted by Gasteiger charge is -2.13. The number of hydrogen-bond donors (Lipinski definition) is 1. The average molecular weight is 321 g/mol. The number of carbonyl (C=O) groups is 1. The molecule has 0 aromatic heterocycles. The molecular weight excluding hydrogens is 302 g/mol. The van der Waals surface area contributed by atoms with Crippen LogP contribution in [0.25, 0.3) is 10.8 Å². The summed E-state index contributed by atoms with van der Waals surface area (Å²) in [4.78, 5) is 11.0. The zero-order chi connectivity index (χ0) is 16.9. The normalized spacial score (nSPS) is 10.6. The van der Waals surface area contributed by atoms with Gasteiger partial charge in [-0.15, -0.1) is 0 Å². The van der Waals surface area contributed by atoms with Gasteiger partial charge in [0.05, 0.1) is 6.54 Å². The first kappa shape index (κ1) is 16.0. The average Bonchev–Trinajstić information content (AvgIpc) is 2.61. The fourth-order valence-electron chi connectivity index (χ4n) is 2.47. The molecule has 0 radical (unpaired) electrons. The molecule has 24 heavy (non-hydrogen) atoms. The number of carbonyl (C=O) groups excluding carboxylic acids is 1. The van der Waals surface area contributed by atoms with E-state index >= 15 is 0 Å². The Balaban J connectivity index is 1.62. The molecule has 3 aromatic carbocycles. The largest absolute Gasteiger partial charge is 0.489 e. The second-order valence-corrected chi connectivity index (χ2v) is 5.69. The molecule has 3 aromatic rings. The smallest absolute Gasteiger partial charge is 0.243 e. The maximum absolute atomic E-state index is 11.0. The Morgan fingerprint density at radius 3 is 2.33 bits per heavy atom. The Bertz CT molecular complexity index is 843. The zero-order valence-corrected chi connectivity index (χ0v) is 13.5. The summed E-state index contributed by atoms with van der Waals surface area (Å²) in [6.45, 7) is 1.98. The SMILES string of the molecule is CC(=O)N(O)Cc1ccc(OCc2ccc3ccccc3c2)cc1. The van der Waals surface area contributed by atoms with Crippen LogP contribution in [-0.4, -0.2) is 16.2 Å². The summed E-state index contributed by atoms with van der Waals surface area (Å²) in [7, 11) is 0. The van der Waals surface area contributed by atoms with Crippen LogP contribution in [0.4, 0.5) is 0 Å². The number of amides is 1. The highest BCUT2D eigenvalue weighted by atomic mass is 16.5. The maximum Gasteiger partial charge on any atom is 0.243 e. The molecule has 0 aliphatic heterocycles. The van der Waals surface area contributed by atoms with E-state index in [4.69, 9.17) is 4.74 Å². The maximum atomic E-state index is 11.0. The van der Waals surface area contributed by atoms with E-state index < -0.39 is 0 Å². The Labute approximate surface area is 140 Å². The monoisotopic (exact) mass is 321 g/mol. The molecule has 0 aliphatic carbocycles. The van der Waals surface area contributed by atoms with Crippen LogP contribution in [0.3, 0.4) is 0 Å². The fourth-order valence-corrected chi connectivity index (χ4v) is 2.47. The van der Waals surface area contributed by atoms with Crippen LogP contribution in [-0.2, 0) is 17.9 Å². The van der Waals surface area contributed by atoms with Crippen LogP contribution in [0.1, 0.15) is 18.1 Å². The van der Waals surface area contributed by atoms with Crippen molar-refractivity contribution in [2.75, 3.05) is 0 Å². The Morgan fingerprint density at radius 2 is 1.62 bits per heavy atom. The summed E-state index contributed by atoms with van der Waals surface area (Å²) in [5, 5.41) is 12.5. The van der Waals surface area contributed by atoms with Crippen molar-refractivity contribution in [1.82, 2.24) is 5.06 Å². The van der Waals surface area contributed by atoms with Gasteiger partial charge in [0.25, 0.3) is 0 Å². The molecule has 1 amide bonds. The highest BCUT2D eigenvalue weighted by Gasteiger charge is 2.05. The van der Waals surface area contributed by atoms with Crippen molar-refractivity contribution in [2.45, 2.75) is 20.1 Å². The first-order valence-electron chi connectivity index (χ1n) is 7.78. The summed E-state index contributed by atoms with van der Waals surface area (Å²) in [6, 6.07) is 21.9. The molecule has 0 spiro atoms. The molecule has 0 saturated carbocycles. The number of rotatable bonds is 5. The molecule has 3 rings (SSSR count). The van der Waals surface area contributed by atoms with E-state index in [0.717, 1.165) is 16.9 Å². The second kappa shape index (κ2) is 7.15. The van der Waals surface area contributed by atoms with Crippen LogP contribution in [0, 0.1) is 0 Å². The van der Waals surface area contributed by atoms with Crippen molar-refractivity contribution in [3.63, 3.8) is 0 Å². The predicted molar refractivity (Wildman–Crippen MR) is 92.7 cm³/mol.